The van der Waals surface area contributed by atoms with Gasteiger partial charge in [0, 0.05) is 19.1 Å². The van der Waals surface area contributed by atoms with E-state index in [9.17, 15) is 17.6 Å². The minimum atomic E-state index is -3.88. The van der Waals surface area contributed by atoms with E-state index in [-0.39, 0.29) is 23.4 Å². The molecule has 0 atom stereocenters. The molecule has 2 aliphatic rings. The first-order valence-electron chi connectivity index (χ1n) is 12.0. The number of nitrogens with zero attached hydrogens (tertiary/aromatic N) is 2. The van der Waals surface area contributed by atoms with Gasteiger partial charge in [0.25, 0.3) is 0 Å². The van der Waals surface area contributed by atoms with Gasteiger partial charge in [0.1, 0.15) is 5.82 Å². The highest BCUT2D eigenvalue weighted by atomic mass is 32.2. The zero-order valence-electron chi connectivity index (χ0n) is 19.0. The lowest BCUT2D eigenvalue weighted by molar-refractivity contribution is -0.133. The monoisotopic (exact) mass is 472 g/mol. The summed E-state index contributed by atoms with van der Waals surface area (Å²) in [6.07, 6.45) is 7.38. The predicted octanol–water partition coefficient (Wildman–Crippen LogP) is 4.63. The number of sulfonamides is 1. The number of amides is 1. The highest BCUT2D eigenvalue weighted by Crippen LogP contribution is 2.29. The van der Waals surface area contributed by atoms with E-state index in [1.807, 2.05) is 11.0 Å². The molecular formula is C26H33FN2O3S. The third kappa shape index (κ3) is 6.01. The Morgan fingerprint density at radius 1 is 0.909 bits per heavy atom. The second-order valence-corrected chi connectivity index (χ2v) is 11.2. The van der Waals surface area contributed by atoms with Gasteiger partial charge in [-0.15, -0.1) is 0 Å². The average molecular weight is 473 g/mol. The summed E-state index contributed by atoms with van der Waals surface area (Å²) in [5.41, 5.74) is 1.32. The highest BCUT2D eigenvalue weighted by Gasteiger charge is 2.35. The van der Waals surface area contributed by atoms with E-state index in [1.54, 1.807) is 0 Å². The lowest BCUT2D eigenvalue weighted by Gasteiger charge is -2.36. The van der Waals surface area contributed by atoms with Gasteiger partial charge in [0.05, 0.1) is 11.4 Å². The third-order valence-corrected chi connectivity index (χ3v) is 8.94. The number of hydrogen-bond donors (Lipinski definition) is 0. The molecule has 0 unspecified atom stereocenters. The van der Waals surface area contributed by atoms with Crippen LogP contribution < -0.4 is 0 Å². The largest absolute Gasteiger partial charge is 0.342 e. The van der Waals surface area contributed by atoms with Crippen LogP contribution >= 0.6 is 0 Å². The molecule has 5 nitrogen and oxygen atoms in total. The van der Waals surface area contributed by atoms with Gasteiger partial charge in [0.15, 0.2) is 0 Å². The summed E-state index contributed by atoms with van der Waals surface area (Å²) in [6.45, 7) is 1.17. The van der Waals surface area contributed by atoms with E-state index < -0.39 is 15.8 Å². The molecule has 0 radical (unpaired) electrons. The minimum Gasteiger partial charge on any atom is -0.342 e. The van der Waals surface area contributed by atoms with Gasteiger partial charge < -0.3 is 4.90 Å². The van der Waals surface area contributed by atoms with E-state index in [0.29, 0.717) is 19.0 Å². The molecule has 4 rings (SSSR count). The maximum absolute atomic E-state index is 13.4. The molecule has 1 saturated heterocycles. The minimum absolute atomic E-state index is 0.0452. The molecule has 1 amide bonds. The Morgan fingerprint density at radius 3 is 2.18 bits per heavy atom. The summed E-state index contributed by atoms with van der Waals surface area (Å²) in [5, 5.41) is 0. The molecule has 1 aliphatic carbocycles. The van der Waals surface area contributed by atoms with Crippen LogP contribution in [0.2, 0.25) is 0 Å². The van der Waals surface area contributed by atoms with Crippen molar-refractivity contribution in [2.24, 2.45) is 5.92 Å². The number of piperidine rings is 1. The lowest BCUT2D eigenvalue weighted by Crippen LogP contribution is -2.49. The Balaban J connectivity index is 1.43. The van der Waals surface area contributed by atoms with Crippen LogP contribution in [0, 0.1) is 11.7 Å². The van der Waals surface area contributed by atoms with Crippen molar-refractivity contribution in [3.63, 3.8) is 0 Å². The Morgan fingerprint density at radius 2 is 1.55 bits per heavy atom. The molecule has 0 bridgehead atoms. The second-order valence-electron chi connectivity index (χ2n) is 9.31. The molecule has 0 spiro atoms. The van der Waals surface area contributed by atoms with Crippen molar-refractivity contribution in [1.29, 1.82) is 0 Å². The number of hydrogen-bond acceptors (Lipinski definition) is 3. The first-order chi connectivity index (χ1) is 15.9. The number of likely N-dealkylation sites (tertiary alicyclic amines) is 1. The van der Waals surface area contributed by atoms with Crippen molar-refractivity contribution >= 4 is 15.9 Å². The Bertz CT molecular complexity index is 1010. The van der Waals surface area contributed by atoms with Crippen molar-refractivity contribution in [3.8, 4) is 0 Å². The molecule has 1 saturated carbocycles. The smallest absolute Gasteiger partial charge is 0.243 e. The van der Waals surface area contributed by atoms with Gasteiger partial charge in [-0.2, -0.15) is 4.31 Å². The molecule has 0 N–H and O–H groups in total. The van der Waals surface area contributed by atoms with Crippen molar-refractivity contribution in [3.05, 3.63) is 66.0 Å². The normalized spacial score (nSPS) is 18.5. The van der Waals surface area contributed by atoms with Crippen molar-refractivity contribution < 1.29 is 17.6 Å². The maximum Gasteiger partial charge on any atom is 0.243 e. The lowest BCUT2D eigenvalue weighted by atomic mass is 9.90. The number of carbonyl (C=O) groups excluding carboxylic acids is 1. The standard InChI is InChI=1S/C26H33FN2O3S/c27-23-11-13-25(14-12-23)33(31,32)29(24-9-5-2-6-10-24)20-26(30)28-17-15-22(16-18-28)19-21-7-3-1-4-8-21/h1,3-4,7-8,11-14,22,24H,2,5-6,9-10,15-20H2. The fraction of sp³-hybridized carbons (Fsp3) is 0.500. The van der Waals surface area contributed by atoms with Gasteiger partial charge in [-0.1, -0.05) is 49.6 Å². The topological polar surface area (TPSA) is 57.7 Å². The summed E-state index contributed by atoms with van der Waals surface area (Å²) in [6, 6.07) is 15.1. The molecule has 0 aromatic heterocycles. The van der Waals surface area contributed by atoms with Crippen LogP contribution in [0.3, 0.4) is 0 Å². The molecule has 2 aromatic rings. The van der Waals surface area contributed by atoms with Gasteiger partial charge in [-0.25, -0.2) is 12.8 Å². The van der Waals surface area contributed by atoms with Crippen LogP contribution in [-0.4, -0.2) is 49.2 Å². The Labute approximate surface area is 196 Å². The summed E-state index contributed by atoms with van der Waals surface area (Å²) in [7, 11) is -3.88. The van der Waals surface area contributed by atoms with Gasteiger partial charge in [0.2, 0.25) is 15.9 Å². The Kier molecular flexibility index (Phi) is 7.81. The summed E-state index contributed by atoms with van der Waals surface area (Å²) in [5.74, 6) is -0.0779. The summed E-state index contributed by atoms with van der Waals surface area (Å²) >= 11 is 0. The SMILES string of the molecule is O=C(CN(C1CCCCC1)S(=O)(=O)c1ccc(F)cc1)N1CCC(Cc2ccccc2)CC1. The second kappa shape index (κ2) is 10.8. The Hall–Kier alpha value is -2.25. The van der Waals surface area contributed by atoms with Crippen molar-refractivity contribution in [1.82, 2.24) is 9.21 Å². The van der Waals surface area contributed by atoms with Crippen LogP contribution in [0.5, 0.6) is 0 Å². The van der Waals surface area contributed by atoms with Crippen LogP contribution in [-0.2, 0) is 21.2 Å². The van der Waals surface area contributed by atoms with Gasteiger partial charge >= 0.3 is 0 Å². The van der Waals surface area contributed by atoms with E-state index in [4.69, 9.17) is 0 Å². The molecule has 7 heteroatoms. The quantitative estimate of drug-likeness (QED) is 0.590. The summed E-state index contributed by atoms with van der Waals surface area (Å²) < 4.78 is 41.7. The van der Waals surface area contributed by atoms with Crippen LogP contribution in [0.15, 0.2) is 59.5 Å². The fourth-order valence-corrected chi connectivity index (χ4v) is 6.72. The summed E-state index contributed by atoms with van der Waals surface area (Å²) in [4.78, 5) is 15.1. The van der Waals surface area contributed by atoms with Crippen molar-refractivity contribution in [2.45, 2.75) is 62.3 Å². The number of halogens is 1. The molecule has 1 aliphatic heterocycles. The highest BCUT2D eigenvalue weighted by molar-refractivity contribution is 7.89. The first-order valence-corrected chi connectivity index (χ1v) is 13.5. The molecule has 1 heterocycles. The molecule has 33 heavy (non-hydrogen) atoms. The number of carbonyl (C=O) groups is 1. The fourth-order valence-electron chi connectivity index (χ4n) is 5.09. The van der Waals surface area contributed by atoms with Gasteiger partial charge in [-0.3, -0.25) is 4.79 Å². The maximum atomic E-state index is 13.4. The molecule has 2 fully saturated rings. The molecule has 2 aromatic carbocycles. The molecule has 178 valence electrons. The van der Waals surface area contributed by atoms with E-state index >= 15 is 0 Å². The predicted molar refractivity (Wildman–Crippen MR) is 127 cm³/mol. The number of rotatable bonds is 7. The van der Waals surface area contributed by atoms with E-state index in [1.165, 1.54) is 22.0 Å². The van der Waals surface area contributed by atoms with Crippen LogP contribution in [0.1, 0.15) is 50.5 Å². The third-order valence-electron chi connectivity index (χ3n) is 7.03. The zero-order chi connectivity index (χ0) is 23.3. The van der Waals surface area contributed by atoms with Gasteiger partial charge in [-0.05, 0) is 67.9 Å². The average Bonchev–Trinajstić information content (AvgIpc) is 2.84. The van der Waals surface area contributed by atoms with E-state index in [2.05, 4.69) is 24.3 Å². The molecular weight excluding hydrogens is 439 g/mol. The van der Waals surface area contributed by atoms with Crippen LogP contribution in [0.25, 0.3) is 0 Å². The number of benzene rings is 2. The zero-order valence-corrected chi connectivity index (χ0v) is 19.9. The van der Waals surface area contributed by atoms with Crippen molar-refractivity contribution in [2.75, 3.05) is 19.6 Å². The van der Waals surface area contributed by atoms with E-state index in [0.717, 1.165) is 63.5 Å². The van der Waals surface area contributed by atoms with Crippen LogP contribution in [0.4, 0.5) is 4.39 Å². The first kappa shape index (κ1) is 23.9.